The smallest absolute Gasteiger partial charge is 0.182 e. The maximum Gasteiger partial charge on any atom is 0.182 e. The van der Waals surface area contributed by atoms with Crippen LogP contribution in [0.2, 0.25) is 0 Å². The summed E-state index contributed by atoms with van der Waals surface area (Å²) in [5.41, 5.74) is 1.87. The first kappa shape index (κ1) is 11.6. The molecular formula is C14H16N2O. The minimum Gasteiger partial charge on any atom is -0.327 e. The SMILES string of the molecule is CCc1nccn1CC(=O)c1cccc(C)c1. The molecule has 0 amide bonds. The molecule has 1 aromatic heterocycles. The largest absolute Gasteiger partial charge is 0.327 e. The zero-order valence-corrected chi connectivity index (χ0v) is 10.2. The van der Waals surface area contributed by atoms with E-state index in [1.54, 1.807) is 6.20 Å². The molecule has 0 spiro atoms. The number of ketones is 1. The highest BCUT2D eigenvalue weighted by molar-refractivity contribution is 5.96. The number of carbonyl (C=O) groups is 1. The van der Waals surface area contributed by atoms with Gasteiger partial charge in [-0.1, -0.05) is 30.7 Å². The van der Waals surface area contributed by atoms with Crippen LogP contribution in [0.25, 0.3) is 0 Å². The number of hydrogen-bond acceptors (Lipinski definition) is 2. The maximum absolute atomic E-state index is 12.1. The van der Waals surface area contributed by atoms with Crippen molar-refractivity contribution < 1.29 is 4.79 Å². The van der Waals surface area contributed by atoms with Crippen molar-refractivity contribution >= 4 is 5.78 Å². The van der Waals surface area contributed by atoms with Gasteiger partial charge in [0, 0.05) is 24.4 Å². The Labute approximate surface area is 101 Å². The fourth-order valence-corrected chi connectivity index (χ4v) is 1.86. The molecule has 3 heteroatoms. The second-order valence-electron chi connectivity index (χ2n) is 4.12. The molecule has 0 fully saturated rings. The van der Waals surface area contributed by atoms with Crippen molar-refractivity contribution in [3.8, 4) is 0 Å². The van der Waals surface area contributed by atoms with Crippen LogP contribution >= 0.6 is 0 Å². The summed E-state index contributed by atoms with van der Waals surface area (Å²) >= 11 is 0. The lowest BCUT2D eigenvalue weighted by Gasteiger charge is -2.06. The van der Waals surface area contributed by atoms with Crippen molar-refractivity contribution in [2.75, 3.05) is 0 Å². The van der Waals surface area contributed by atoms with Gasteiger partial charge in [0.2, 0.25) is 0 Å². The minimum atomic E-state index is 0.126. The molecule has 2 rings (SSSR count). The number of rotatable bonds is 4. The molecule has 0 radical (unpaired) electrons. The monoisotopic (exact) mass is 228 g/mol. The Hall–Kier alpha value is -1.90. The fourth-order valence-electron chi connectivity index (χ4n) is 1.86. The first-order valence-corrected chi connectivity index (χ1v) is 5.80. The quantitative estimate of drug-likeness (QED) is 0.754. The molecule has 0 saturated heterocycles. The Morgan fingerprint density at radius 1 is 1.41 bits per heavy atom. The van der Waals surface area contributed by atoms with Gasteiger partial charge in [0.1, 0.15) is 5.82 Å². The van der Waals surface area contributed by atoms with Crippen LogP contribution in [0.15, 0.2) is 36.7 Å². The van der Waals surface area contributed by atoms with E-state index in [1.807, 2.05) is 48.9 Å². The van der Waals surface area contributed by atoms with Crippen LogP contribution in [0, 0.1) is 6.92 Å². The van der Waals surface area contributed by atoms with Crippen LogP contribution in [-0.4, -0.2) is 15.3 Å². The van der Waals surface area contributed by atoms with E-state index < -0.39 is 0 Å². The zero-order valence-electron chi connectivity index (χ0n) is 10.2. The highest BCUT2D eigenvalue weighted by Crippen LogP contribution is 2.07. The van der Waals surface area contributed by atoms with Crippen LogP contribution in [0.4, 0.5) is 0 Å². The first-order chi connectivity index (χ1) is 8.20. The first-order valence-electron chi connectivity index (χ1n) is 5.80. The average molecular weight is 228 g/mol. The molecule has 0 saturated carbocycles. The molecule has 1 aromatic carbocycles. The Bertz CT molecular complexity index is 529. The molecule has 0 aliphatic carbocycles. The predicted molar refractivity (Wildman–Crippen MR) is 67.1 cm³/mol. The van der Waals surface area contributed by atoms with Crippen LogP contribution in [0.1, 0.15) is 28.7 Å². The molecular weight excluding hydrogens is 212 g/mol. The number of carbonyl (C=O) groups excluding carboxylic acids is 1. The summed E-state index contributed by atoms with van der Waals surface area (Å²) in [6.45, 7) is 4.40. The van der Waals surface area contributed by atoms with Gasteiger partial charge in [-0.15, -0.1) is 0 Å². The number of hydrogen-bond donors (Lipinski definition) is 0. The zero-order chi connectivity index (χ0) is 12.3. The average Bonchev–Trinajstić information content (AvgIpc) is 2.76. The van der Waals surface area contributed by atoms with Gasteiger partial charge in [0.15, 0.2) is 5.78 Å². The van der Waals surface area contributed by atoms with Gasteiger partial charge >= 0.3 is 0 Å². The number of aromatic nitrogens is 2. The van der Waals surface area contributed by atoms with E-state index in [4.69, 9.17) is 0 Å². The number of nitrogens with zero attached hydrogens (tertiary/aromatic N) is 2. The van der Waals surface area contributed by atoms with Crippen molar-refractivity contribution in [1.82, 2.24) is 9.55 Å². The molecule has 3 nitrogen and oxygen atoms in total. The van der Waals surface area contributed by atoms with Gasteiger partial charge in [0.05, 0.1) is 6.54 Å². The summed E-state index contributed by atoms with van der Waals surface area (Å²) < 4.78 is 1.91. The second kappa shape index (κ2) is 4.95. The van der Waals surface area contributed by atoms with Crippen LogP contribution in [0.5, 0.6) is 0 Å². The van der Waals surface area contributed by atoms with E-state index in [-0.39, 0.29) is 5.78 Å². The lowest BCUT2D eigenvalue weighted by molar-refractivity contribution is 0.0971. The normalized spacial score (nSPS) is 10.5. The summed E-state index contributed by atoms with van der Waals surface area (Å²) in [4.78, 5) is 16.3. The molecule has 0 aliphatic heterocycles. The third-order valence-corrected chi connectivity index (χ3v) is 2.77. The van der Waals surface area contributed by atoms with E-state index in [0.29, 0.717) is 6.54 Å². The molecule has 0 unspecified atom stereocenters. The summed E-state index contributed by atoms with van der Waals surface area (Å²) in [6.07, 6.45) is 4.43. The number of benzene rings is 1. The molecule has 88 valence electrons. The Balaban J connectivity index is 2.17. The third-order valence-electron chi connectivity index (χ3n) is 2.77. The highest BCUT2D eigenvalue weighted by Gasteiger charge is 2.08. The summed E-state index contributed by atoms with van der Waals surface area (Å²) in [7, 11) is 0. The van der Waals surface area contributed by atoms with E-state index in [9.17, 15) is 4.79 Å². The topological polar surface area (TPSA) is 34.9 Å². The van der Waals surface area contributed by atoms with Gasteiger partial charge in [-0.05, 0) is 13.0 Å². The molecule has 17 heavy (non-hydrogen) atoms. The number of imidazole rings is 1. The molecule has 0 atom stereocenters. The Morgan fingerprint density at radius 3 is 2.94 bits per heavy atom. The van der Waals surface area contributed by atoms with Crippen LogP contribution in [-0.2, 0) is 13.0 Å². The van der Waals surface area contributed by atoms with Gasteiger partial charge in [-0.25, -0.2) is 4.98 Å². The predicted octanol–water partition coefficient (Wildman–Crippen LogP) is 2.64. The van der Waals surface area contributed by atoms with Crippen LogP contribution < -0.4 is 0 Å². The van der Waals surface area contributed by atoms with Gasteiger partial charge < -0.3 is 4.57 Å². The van der Waals surface area contributed by atoms with Crippen molar-refractivity contribution in [3.05, 3.63) is 53.6 Å². The molecule has 0 aliphatic rings. The fraction of sp³-hybridized carbons (Fsp3) is 0.286. The summed E-state index contributed by atoms with van der Waals surface area (Å²) in [5, 5.41) is 0. The van der Waals surface area contributed by atoms with Crippen molar-refractivity contribution in [2.45, 2.75) is 26.8 Å². The van der Waals surface area contributed by atoms with Crippen molar-refractivity contribution in [2.24, 2.45) is 0 Å². The van der Waals surface area contributed by atoms with E-state index in [2.05, 4.69) is 4.98 Å². The standard InChI is InChI=1S/C14H16N2O/c1-3-14-15-7-8-16(14)10-13(17)12-6-4-5-11(2)9-12/h4-9H,3,10H2,1-2H3. The van der Waals surface area contributed by atoms with Crippen molar-refractivity contribution in [3.63, 3.8) is 0 Å². The van der Waals surface area contributed by atoms with Crippen molar-refractivity contribution in [1.29, 1.82) is 0 Å². The van der Waals surface area contributed by atoms with Crippen LogP contribution in [0.3, 0.4) is 0 Å². The summed E-state index contributed by atoms with van der Waals surface area (Å²) in [6, 6.07) is 7.69. The minimum absolute atomic E-state index is 0.126. The molecule has 1 heterocycles. The van der Waals surface area contributed by atoms with E-state index >= 15 is 0 Å². The number of aryl methyl sites for hydroxylation is 2. The van der Waals surface area contributed by atoms with Gasteiger partial charge in [-0.2, -0.15) is 0 Å². The van der Waals surface area contributed by atoms with E-state index in [1.165, 1.54) is 0 Å². The lowest BCUT2D eigenvalue weighted by atomic mass is 10.1. The van der Waals surface area contributed by atoms with Gasteiger partial charge in [-0.3, -0.25) is 4.79 Å². The molecule has 2 aromatic rings. The van der Waals surface area contributed by atoms with E-state index in [0.717, 1.165) is 23.4 Å². The third kappa shape index (κ3) is 2.61. The Morgan fingerprint density at radius 2 is 2.24 bits per heavy atom. The summed E-state index contributed by atoms with van der Waals surface area (Å²) in [5.74, 6) is 1.08. The van der Waals surface area contributed by atoms with Gasteiger partial charge in [0.25, 0.3) is 0 Å². The highest BCUT2D eigenvalue weighted by atomic mass is 16.1. The number of Topliss-reactive ketones (excluding diaryl/α,β-unsaturated/α-hetero) is 1. The molecule has 0 bridgehead atoms. The maximum atomic E-state index is 12.1. The second-order valence-corrected chi connectivity index (χ2v) is 4.12. The Kier molecular flexibility index (Phi) is 3.38. The lowest BCUT2D eigenvalue weighted by Crippen LogP contribution is -2.12. The molecule has 0 N–H and O–H groups in total.